The van der Waals surface area contributed by atoms with Gasteiger partial charge in [0.2, 0.25) is 0 Å². The Hall–Kier alpha value is -0.780. The molecule has 1 rings (SSSR count). The van der Waals surface area contributed by atoms with Crippen molar-refractivity contribution >= 4 is 15.8 Å². The maximum atomic E-state index is 11.1. The van der Waals surface area contributed by atoms with Crippen LogP contribution < -0.4 is 10.6 Å². The maximum absolute atomic E-state index is 11.1. The Morgan fingerprint density at radius 2 is 1.89 bits per heavy atom. The van der Waals surface area contributed by atoms with Crippen molar-refractivity contribution in [3.63, 3.8) is 0 Å². The molecule has 19 heavy (non-hydrogen) atoms. The second kappa shape index (κ2) is 7.72. The topological polar surface area (TPSA) is 70.6 Å². The van der Waals surface area contributed by atoms with Gasteiger partial charge in [-0.25, -0.2) is 8.42 Å². The number of sulfone groups is 1. The van der Waals surface area contributed by atoms with Crippen molar-refractivity contribution in [3.8, 4) is 0 Å². The molecule has 0 amide bonds. The summed E-state index contributed by atoms with van der Waals surface area (Å²) in [6, 6.07) is 0.465. The lowest BCUT2D eigenvalue weighted by Crippen LogP contribution is -2.45. The minimum atomic E-state index is -2.94. The molecule has 5 nitrogen and oxygen atoms in total. The Kier molecular flexibility index (Phi) is 6.62. The van der Waals surface area contributed by atoms with Crippen LogP contribution in [0, 0.1) is 5.92 Å². The number of aliphatic imine (C=N–C) groups is 1. The van der Waals surface area contributed by atoms with Crippen LogP contribution in [-0.4, -0.2) is 45.5 Å². The third kappa shape index (κ3) is 7.40. The minimum absolute atomic E-state index is 0.102. The highest BCUT2D eigenvalue weighted by Gasteiger charge is 2.18. The molecule has 0 saturated heterocycles. The highest BCUT2D eigenvalue weighted by atomic mass is 32.2. The van der Waals surface area contributed by atoms with Gasteiger partial charge in [0.25, 0.3) is 0 Å². The highest BCUT2D eigenvalue weighted by molar-refractivity contribution is 7.90. The average Bonchev–Trinajstić information content (AvgIpc) is 2.30. The summed E-state index contributed by atoms with van der Waals surface area (Å²) in [5.74, 6) is 1.67. The predicted octanol–water partition coefficient (Wildman–Crippen LogP) is 1.16. The van der Waals surface area contributed by atoms with Gasteiger partial charge in [-0.2, -0.15) is 0 Å². The lowest BCUT2D eigenvalue weighted by atomic mass is 9.87. The Bertz CT molecular complexity index is 385. The predicted molar refractivity (Wildman–Crippen MR) is 80.2 cm³/mol. The van der Waals surface area contributed by atoms with Crippen molar-refractivity contribution in [1.29, 1.82) is 0 Å². The molecule has 0 aromatic carbocycles. The van der Waals surface area contributed by atoms with E-state index in [1.165, 1.54) is 19.1 Å². The molecule has 0 unspecified atom stereocenters. The van der Waals surface area contributed by atoms with E-state index >= 15 is 0 Å². The molecular weight excluding hydrogens is 262 g/mol. The van der Waals surface area contributed by atoms with E-state index in [9.17, 15) is 8.42 Å². The van der Waals surface area contributed by atoms with Crippen molar-refractivity contribution < 1.29 is 8.42 Å². The lowest BCUT2D eigenvalue weighted by molar-refractivity contribution is 0.329. The Labute approximate surface area is 117 Å². The van der Waals surface area contributed by atoms with Crippen LogP contribution in [0.25, 0.3) is 0 Å². The van der Waals surface area contributed by atoms with Crippen molar-refractivity contribution in [2.45, 2.75) is 45.6 Å². The molecule has 0 aromatic heterocycles. The van der Waals surface area contributed by atoms with Gasteiger partial charge in [-0.15, -0.1) is 0 Å². The minimum Gasteiger partial charge on any atom is -0.357 e. The summed E-state index contributed by atoms with van der Waals surface area (Å²) in [4.78, 5) is 4.33. The number of rotatable bonds is 5. The van der Waals surface area contributed by atoms with E-state index in [0.717, 1.165) is 31.3 Å². The van der Waals surface area contributed by atoms with Crippen LogP contribution in [0.15, 0.2) is 4.99 Å². The van der Waals surface area contributed by atoms with Gasteiger partial charge in [0, 0.05) is 18.8 Å². The molecule has 0 aliphatic heterocycles. The van der Waals surface area contributed by atoms with Crippen LogP contribution in [0.5, 0.6) is 0 Å². The molecule has 0 radical (unpaired) electrons. The summed E-state index contributed by atoms with van der Waals surface area (Å²) in [7, 11) is -2.94. The molecule has 112 valence electrons. The summed E-state index contributed by atoms with van der Waals surface area (Å²) in [6.45, 7) is 5.41. The number of nitrogens with one attached hydrogen (secondary N) is 2. The summed E-state index contributed by atoms with van der Waals surface area (Å²) in [5, 5.41) is 6.58. The smallest absolute Gasteiger partial charge is 0.191 e. The monoisotopic (exact) mass is 289 g/mol. The van der Waals surface area contributed by atoms with Crippen LogP contribution in [0.3, 0.4) is 0 Å². The molecule has 1 fully saturated rings. The van der Waals surface area contributed by atoms with Gasteiger partial charge >= 0.3 is 0 Å². The molecule has 1 saturated carbocycles. The zero-order valence-electron chi connectivity index (χ0n) is 12.3. The maximum Gasteiger partial charge on any atom is 0.191 e. The third-order valence-electron chi connectivity index (χ3n) is 3.43. The molecule has 0 bridgehead atoms. The first-order valence-corrected chi connectivity index (χ1v) is 9.19. The fourth-order valence-corrected chi connectivity index (χ4v) is 2.66. The third-order valence-corrected chi connectivity index (χ3v) is 4.36. The average molecular weight is 289 g/mol. The first-order valence-electron chi connectivity index (χ1n) is 7.13. The summed E-state index contributed by atoms with van der Waals surface area (Å²) < 4.78 is 22.2. The molecular formula is C13H27N3O2S. The molecule has 0 spiro atoms. The molecule has 0 heterocycles. The normalized spacial score (nSPS) is 25.1. The largest absolute Gasteiger partial charge is 0.357 e. The van der Waals surface area contributed by atoms with Crippen molar-refractivity contribution in [2.24, 2.45) is 10.9 Å². The van der Waals surface area contributed by atoms with E-state index in [1.54, 1.807) is 0 Å². The van der Waals surface area contributed by atoms with E-state index in [-0.39, 0.29) is 5.75 Å². The van der Waals surface area contributed by atoms with Crippen LogP contribution in [-0.2, 0) is 9.84 Å². The Morgan fingerprint density at radius 1 is 1.26 bits per heavy atom. The quantitative estimate of drug-likeness (QED) is 0.589. The van der Waals surface area contributed by atoms with E-state index in [0.29, 0.717) is 12.6 Å². The van der Waals surface area contributed by atoms with Gasteiger partial charge in [-0.1, -0.05) is 6.92 Å². The van der Waals surface area contributed by atoms with Crippen molar-refractivity contribution in [2.75, 3.05) is 25.1 Å². The standard InChI is InChI=1S/C13H27N3O2S/c1-4-14-13(15-9-10-19(3,17)18)16-12-7-5-11(2)6-8-12/h11-12H,4-10H2,1-3H3,(H2,14,15,16). The van der Waals surface area contributed by atoms with Crippen LogP contribution in [0.1, 0.15) is 39.5 Å². The molecule has 0 aromatic rings. The van der Waals surface area contributed by atoms with Crippen LogP contribution in [0.4, 0.5) is 0 Å². The highest BCUT2D eigenvalue weighted by Crippen LogP contribution is 2.23. The lowest BCUT2D eigenvalue weighted by Gasteiger charge is -2.28. The van der Waals surface area contributed by atoms with Crippen molar-refractivity contribution in [1.82, 2.24) is 10.6 Å². The summed E-state index contributed by atoms with van der Waals surface area (Å²) in [6.07, 6.45) is 6.07. The second-order valence-corrected chi connectivity index (χ2v) is 7.75. The Balaban J connectivity index is 2.45. The van der Waals surface area contributed by atoms with Gasteiger partial charge < -0.3 is 10.6 Å². The van der Waals surface area contributed by atoms with Gasteiger partial charge in [0.05, 0.1) is 12.3 Å². The number of nitrogens with zero attached hydrogens (tertiary/aromatic N) is 1. The second-order valence-electron chi connectivity index (χ2n) is 5.49. The first-order chi connectivity index (χ1) is 8.90. The molecule has 6 heteroatoms. The summed E-state index contributed by atoms with van der Waals surface area (Å²) >= 11 is 0. The van der Waals surface area contributed by atoms with Crippen LogP contribution >= 0.6 is 0 Å². The fourth-order valence-electron chi connectivity index (χ4n) is 2.24. The van der Waals surface area contributed by atoms with Gasteiger partial charge in [0.15, 0.2) is 5.96 Å². The van der Waals surface area contributed by atoms with Gasteiger partial charge in [-0.05, 0) is 38.5 Å². The fraction of sp³-hybridized carbons (Fsp3) is 0.923. The number of guanidine groups is 1. The van der Waals surface area contributed by atoms with Crippen molar-refractivity contribution in [3.05, 3.63) is 0 Å². The number of hydrogen-bond acceptors (Lipinski definition) is 3. The van der Waals surface area contributed by atoms with E-state index in [4.69, 9.17) is 0 Å². The van der Waals surface area contributed by atoms with E-state index in [2.05, 4.69) is 22.5 Å². The Morgan fingerprint density at radius 3 is 2.42 bits per heavy atom. The van der Waals surface area contributed by atoms with E-state index in [1.807, 2.05) is 6.92 Å². The van der Waals surface area contributed by atoms with Crippen LogP contribution in [0.2, 0.25) is 0 Å². The molecule has 1 aliphatic rings. The van der Waals surface area contributed by atoms with E-state index < -0.39 is 9.84 Å². The van der Waals surface area contributed by atoms with Gasteiger partial charge in [-0.3, -0.25) is 4.99 Å². The SMILES string of the molecule is CCNC(=NCCS(C)(=O)=O)NC1CCC(C)CC1. The number of hydrogen-bond donors (Lipinski definition) is 2. The molecule has 0 atom stereocenters. The zero-order valence-corrected chi connectivity index (χ0v) is 13.1. The zero-order chi connectivity index (χ0) is 14.3. The first kappa shape index (κ1) is 16.3. The van der Waals surface area contributed by atoms with Gasteiger partial charge in [0.1, 0.15) is 9.84 Å². The molecule has 1 aliphatic carbocycles. The molecule has 2 N–H and O–H groups in total. The summed E-state index contributed by atoms with van der Waals surface area (Å²) in [5.41, 5.74) is 0.